The average Bonchev–Trinajstić information content (AvgIpc) is 3.12. The summed E-state index contributed by atoms with van der Waals surface area (Å²) in [5.41, 5.74) is 0.210. The van der Waals surface area contributed by atoms with Crippen molar-refractivity contribution >= 4 is 5.97 Å². The molecule has 13 nitrogen and oxygen atoms in total. The molecule has 7 aliphatic rings. The van der Waals surface area contributed by atoms with Gasteiger partial charge in [0.25, 0.3) is 0 Å². The zero-order valence-corrected chi connectivity index (χ0v) is 33.8. The monoisotopic (exact) mass is 780 g/mol. The Morgan fingerprint density at radius 1 is 0.727 bits per heavy atom. The van der Waals surface area contributed by atoms with Gasteiger partial charge >= 0.3 is 5.97 Å². The number of ether oxygens (including phenoxy) is 4. The smallest absolute Gasteiger partial charge is 0.310 e. The van der Waals surface area contributed by atoms with Crippen LogP contribution in [-0.2, 0) is 23.7 Å². The molecule has 2 heterocycles. The molecular formula is C42H68O13. The number of rotatable bonds is 7. The van der Waals surface area contributed by atoms with Gasteiger partial charge in [-0.2, -0.15) is 0 Å². The molecule has 7 rings (SSSR count). The highest BCUT2D eigenvalue weighted by Gasteiger charge is 2.69. The highest BCUT2D eigenvalue weighted by atomic mass is 16.8. The Balaban J connectivity index is 1.15. The number of carbonyl (C=O) groups is 1. The molecule has 0 bridgehead atoms. The Kier molecular flexibility index (Phi) is 10.8. The zero-order chi connectivity index (χ0) is 40.3. The SMILES string of the molecule is CC1(C)CC[C@]2(C(=O)O)CC[C@]3(C)C(=CC[C@@H]4[C@@]5(C)CC[C@H](O[C@H]6O[C@H](CO)[C@@H](O)[C@H](O)[C@H]6O[C@@H]6O[C@H](CO)[C@@H](O)[C@H](O)[C@H]6O)C(C)(C)[C@@H]5CC[C@]43C)[C@@H]2C1. The number of aliphatic carboxylic acids is 1. The molecule has 4 saturated carbocycles. The van der Waals surface area contributed by atoms with Gasteiger partial charge in [0.1, 0.15) is 48.8 Å². The minimum atomic E-state index is -1.75. The maximum atomic E-state index is 13.1. The zero-order valence-electron chi connectivity index (χ0n) is 33.8. The Hall–Kier alpha value is -1.23. The highest BCUT2D eigenvalue weighted by Crippen LogP contribution is 2.76. The first-order valence-electron chi connectivity index (χ1n) is 20.8. The molecule has 8 N–H and O–H groups in total. The third kappa shape index (κ3) is 6.23. The van der Waals surface area contributed by atoms with Gasteiger partial charge in [0.15, 0.2) is 12.6 Å². The summed E-state index contributed by atoms with van der Waals surface area (Å²) in [6.45, 7) is 15.1. The summed E-state index contributed by atoms with van der Waals surface area (Å²) in [4.78, 5) is 13.1. The van der Waals surface area contributed by atoms with Gasteiger partial charge in [0.2, 0.25) is 0 Å². The predicted molar refractivity (Wildman–Crippen MR) is 198 cm³/mol. The number of carboxylic acid groups (broad SMARTS) is 1. The van der Waals surface area contributed by atoms with Crippen LogP contribution in [0.2, 0.25) is 0 Å². The molecule has 314 valence electrons. The number of fused-ring (bicyclic) bond motifs is 7. The molecule has 0 radical (unpaired) electrons. The van der Waals surface area contributed by atoms with Crippen LogP contribution in [0.25, 0.3) is 0 Å². The van der Waals surface area contributed by atoms with Gasteiger partial charge in [-0.15, -0.1) is 0 Å². The lowest BCUT2D eigenvalue weighted by Gasteiger charge is -2.71. The van der Waals surface area contributed by atoms with Gasteiger partial charge in [0, 0.05) is 0 Å². The van der Waals surface area contributed by atoms with Crippen molar-refractivity contribution in [2.24, 2.45) is 50.2 Å². The highest BCUT2D eigenvalue weighted by molar-refractivity contribution is 5.76. The van der Waals surface area contributed by atoms with E-state index in [-0.39, 0.29) is 39.6 Å². The number of aliphatic hydroxyl groups is 7. The van der Waals surface area contributed by atoms with Crippen molar-refractivity contribution in [3.05, 3.63) is 11.6 Å². The van der Waals surface area contributed by atoms with Crippen molar-refractivity contribution in [2.75, 3.05) is 13.2 Å². The minimum Gasteiger partial charge on any atom is -0.481 e. The third-order valence-electron chi connectivity index (χ3n) is 17.3. The van der Waals surface area contributed by atoms with Gasteiger partial charge in [0.05, 0.1) is 24.7 Å². The van der Waals surface area contributed by atoms with Crippen LogP contribution in [0.5, 0.6) is 0 Å². The van der Waals surface area contributed by atoms with Gasteiger partial charge in [-0.25, -0.2) is 0 Å². The lowest BCUT2D eigenvalue weighted by Crippen LogP contribution is -2.67. The third-order valence-corrected chi connectivity index (χ3v) is 17.3. The van der Waals surface area contributed by atoms with Crippen LogP contribution < -0.4 is 0 Å². The Labute approximate surface area is 325 Å². The van der Waals surface area contributed by atoms with E-state index in [1.807, 2.05) is 0 Å². The van der Waals surface area contributed by atoms with Gasteiger partial charge in [-0.05, 0) is 109 Å². The van der Waals surface area contributed by atoms with Crippen LogP contribution in [0.4, 0.5) is 0 Å². The molecule has 5 aliphatic carbocycles. The molecule has 13 heteroatoms. The Morgan fingerprint density at radius 2 is 1.35 bits per heavy atom. The maximum absolute atomic E-state index is 13.1. The molecule has 55 heavy (non-hydrogen) atoms. The maximum Gasteiger partial charge on any atom is 0.310 e. The number of hydrogen-bond acceptors (Lipinski definition) is 12. The number of aliphatic hydroxyl groups excluding tert-OH is 7. The van der Waals surface area contributed by atoms with E-state index >= 15 is 0 Å². The minimum absolute atomic E-state index is 0.0240. The molecular weight excluding hydrogens is 712 g/mol. The van der Waals surface area contributed by atoms with E-state index in [9.17, 15) is 45.6 Å². The molecule has 0 amide bonds. The second-order valence-electron chi connectivity index (χ2n) is 20.7. The lowest BCUT2D eigenvalue weighted by atomic mass is 9.33. The first-order chi connectivity index (χ1) is 25.6. The summed E-state index contributed by atoms with van der Waals surface area (Å²) in [7, 11) is 0. The van der Waals surface area contributed by atoms with E-state index in [0.29, 0.717) is 18.8 Å². The largest absolute Gasteiger partial charge is 0.481 e. The summed E-state index contributed by atoms with van der Waals surface area (Å²) < 4.78 is 24.4. The van der Waals surface area contributed by atoms with E-state index in [4.69, 9.17) is 18.9 Å². The van der Waals surface area contributed by atoms with E-state index in [1.165, 1.54) is 5.57 Å². The number of carboxylic acids is 1. The van der Waals surface area contributed by atoms with Crippen LogP contribution in [0.15, 0.2) is 11.6 Å². The lowest BCUT2D eigenvalue weighted by molar-refractivity contribution is -0.378. The summed E-state index contributed by atoms with van der Waals surface area (Å²) in [5.74, 6) is 0.0181. The summed E-state index contributed by atoms with van der Waals surface area (Å²) >= 11 is 0. The average molecular weight is 781 g/mol. The standard InChI is InChI=1S/C42H68O13/c1-37(2)14-16-42(36(50)51)17-15-40(6)21(22(42)18-37)8-9-26-39(5)12-11-27(38(3,4)25(39)10-13-41(26,40)7)54-35-33(31(48)29(46)24(20-44)53-35)55-34-32(49)30(47)28(45)23(19-43)52-34/h8,22-35,43-49H,9-20H2,1-7H3,(H,50,51)/t22-,23+,24+,25-,26+,27-,28+,29+,30-,31-,32+,33+,34-,35+,39-,40+,41+,42-/m0/s1. The number of hydrogen-bond donors (Lipinski definition) is 8. The second kappa shape index (κ2) is 14.2. The molecule has 0 aromatic heterocycles. The summed E-state index contributed by atoms with van der Waals surface area (Å²) in [6, 6.07) is 0. The predicted octanol–water partition coefficient (Wildman–Crippen LogP) is 2.88. The molecule has 18 atom stereocenters. The van der Waals surface area contributed by atoms with E-state index < -0.39 is 91.4 Å². The molecule has 2 aliphatic heterocycles. The molecule has 2 saturated heterocycles. The van der Waals surface area contributed by atoms with E-state index in [2.05, 4.69) is 54.5 Å². The van der Waals surface area contributed by atoms with Crippen molar-refractivity contribution in [3.63, 3.8) is 0 Å². The first kappa shape index (κ1) is 41.9. The molecule has 0 aromatic rings. The van der Waals surface area contributed by atoms with Gasteiger partial charge < -0.3 is 59.8 Å². The van der Waals surface area contributed by atoms with Crippen LogP contribution in [0, 0.1) is 50.2 Å². The van der Waals surface area contributed by atoms with Crippen LogP contribution in [-0.4, -0.2) is 128 Å². The van der Waals surface area contributed by atoms with Crippen LogP contribution in [0.3, 0.4) is 0 Å². The molecule has 0 aromatic carbocycles. The van der Waals surface area contributed by atoms with E-state index in [0.717, 1.165) is 51.4 Å². The van der Waals surface area contributed by atoms with E-state index in [1.54, 1.807) is 0 Å². The van der Waals surface area contributed by atoms with Crippen LogP contribution >= 0.6 is 0 Å². The van der Waals surface area contributed by atoms with Gasteiger partial charge in [-0.3, -0.25) is 4.79 Å². The molecule has 0 unspecified atom stereocenters. The topological polar surface area (TPSA) is 216 Å². The van der Waals surface area contributed by atoms with Gasteiger partial charge in [-0.1, -0.05) is 60.1 Å². The second-order valence-corrected chi connectivity index (χ2v) is 20.7. The Morgan fingerprint density at radius 3 is 1.98 bits per heavy atom. The Bertz CT molecular complexity index is 1480. The summed E-state index contributed by atoms with van der Waals surface area (Å²) in [5, 5.41) is 84.1. The molecule has 0 spiro atoms. The quantitative estimate of drug-likeness (QED) is 0.138. The fourth-order valence-electron chi connectivity index (χ4n) is 13.7. The van der Waals surface area contributed by atoms with Crippen molar-refractivity contribution < 1.29 is 64.6 Å². The fourth-order valence-corrected chi connectivity index (χ4v) is 13.7. The fraction of sp³-hybridized carbons (Fsp3) is 0.929. The van der Waals surface area contributed by atoms with Crippen molar-refractivity contribution in [2.45, 2.75) is 180 Å². The normalized spacial score (nSPS) is 53.2. The number of allylic oxidation sites excluding steroid dienone is 2. The summed E-state index contributed by atoms with van der Waals surface area (Å²) in [6.07, 6.45) is -4.41. The van der Waals surface area contributed by atoms with Crippen molar-refractivity contribution in [3.8, 4) is 0 Å². The first-order valence-corrected chi connectivity index (χ1v) is 20.8. The van der Waals surface area contributed by atoms with Crippen LogP contribution in [0.1, 0.15) is 113 Å². The van der Waals surface area contributed by atoms with Crippen molar-refractivity contribution in [1.29, 1.82) is 0 Å². The van der Waals surface area contributed by atoms with Crippen molar-refractivity contribution in [1.82, 2.24) is 0 Å². The molecule has 6 fully saturated rings.